The van der Waals surface area contributed by atoms with Crippen LogP contribution in [0.3, 0.4) is 0 Å². The molecule has 14 heavy (non-hydrogen) atoms. The molecule has 0 N–H and O–H groups in total. The normalized spacial score (nSPS) is 12.6. The molecular formula is C7H7F5N2. The number of aromatic nitrogens is 2. The van der Waals surface area contributed by atoms with Crippen LogP contribution in [-0.2, 0) is 13.2 Å². The molecule has 0 aliphatic rings. The molecule has 0 saturated carbocycles. The molecule has 7 heteroatoms. The third-order valence-corrected chi connectivity index (χ3v) is 1.81. The van der Waals surface area contributed by atoms with Gasteiger partial charge in [-0.15, -0.1) is 0 Å². The van der Waals surface area contributed by atoms with Crippen molar-refractivity contribution in [2.45, 2.75) is 19.5 Å². The van der Waals surface area contributed by atoms with Crippen molar-refractivity contribution in [2.75, 3.05) is 0 Å². The average Bonchev–Trinajstić information content (AvgIpc) is 2.24. The summed E-state index contributed by atoms with van der Waals surface area (Å²) in [6.07, 6.45) is -7.64. The first-order valence-corrected chi connectivity index (χ1v) is 3.64. The van der Waals surface area contributed by atoms with Gasteiger partial charge in [-0.3, -0.25) is 4.68 Å². The Bertz CT molecular complexity index is 339. The quantitative estimate of drug-likeness (QED) is 0.657. The number of halogens is 5. The Morgan fingerprint density at radius 3 is 2.00 bits per heavy atom. The zero-order valence-electron chi connectivity index (χ0n) is 7.36. The van der Waals surface area contributed by atoms with Gasteiger partial charge >= 0.3 is 6.18 Å². The van der Waals surface area contributed by atoms with E-state index in [0.717, 1.165) is 14.0 Å². The zero-order valence-corrected chi connectivity index (χ0v) is 7.36. The van der Waals surface area contributed by atoms with Crippen LogP contribution in [0.5, 0.6) is 0 Å². The van der Waals surface area contributed by atoms with Crippen molar-refractivity contribution in [2.24, 2.45) is 7.05 Å². The zero-order chi connectivity index (χ0) is 11.1. The standard InChI is InChI=1S/C7H7F5N2/c1-3-4(6(8)9)14(2)13-5(3)7(10,11)12/h6H,1-2H3. The van der Waals surface area contributed by atoms with Crippen molar-refractivity contribution < 1.29 is 22.0 Å². The fraction of sp³-hybridized carbons (Fsp3) is 0.571. The van der Waals surface area contributed by atoms with Gasteiger partial charge in [0.25, 0.3) is 6.43 Å². The summed E-state index contributed by atoms with van der Waals surface area (Å²) in [6, 6.07) is 0. The van der Waals surface area contributed by atoms with Crippen LogP contribution in [0.25, 0.3) is 0 Å². The minimum Gasteiger partial charge on any atom is -0.266 e. The molecule has 0 bridgehead atoms. The monoisotopic (exact) mass is 214 g/mol. The maximum Gasteiger partial charge on any atom is 0.435 e. The Morgan fingerprint density at radius 2 is 1.79 bits per heavy atom. The van der Waals surface area contributed by atoms with Gasteiger partial charge in [-0.1, -0.05) is 0 Å². The van der Waals surface area contributed by atoms with E-state index in [4.69, 9.17) is 0 Å². The molecular weight excluding hydrogens is 207 g/mol. The molecule has 0 aliphatic carbocycles. The molecule has 1 heterocycles. The third-order valence-electron chi connectivity index (χ3n) is 1.81. The van der Waals surface area contributed by atoms with Crippen molar-refractivity contribution in [3.05, 3.63) is 17.0 Å². The topological polar surface area (TPSA) is 17.8 Å². The minimum atomic E-state index is -4.69. The lowest BCUT2D eigenvalue weighted by molar-refractivity contribution is -0.141. The first-order valence-electron chi connectivity index (χ1n) is 3.64. The van der Waals surface area contributed by atoms with Gasteiger partial charge in [0.15, 0.2) is 5.69 Å². The van der Waals surface area contributed by atoms with E-state index in [0.29, 0.717) is 4.68 Å². The smallest absolute Gasteiger partial charge is 0.266 e. The number of alkyl halides is 5. The van der Waals surface area contributed by atoms with Crippen molar-refractivity contribution in [1.29, 1.82) is 0 Å². The van der Waals surface area contributed by atoms with Gasteiger partial charge in [-0.05, 0) is 6.92 Å². The molecule has 0 unspecified atom stereocenters. The van der Waals surface area contributed by atoms with Crippen LogP contribution in [0.1, 0.15) is 23.4 Å². The van der Waals surface area contributed by atoms with E-state index < -0.39 is 29.6 Å². The van der Waals surface area contributed by atoms with Crippen LogP contribution in [0.15, 0.2) is 0 Å². The number of hydrogen-bond acceptors (Lipinski definition) is 1. The molecule has 2 nitrogen and oxygen atoms in total. The molecule has 1 rings (SSSR count). The molecule has 80 valence electrons. The van der Waals surface area contributed by atoms with Crippen LogP contribution >= 0.6 is 0 Å². The van der Waals surface area contributed by atoms with Crippen molar-refractivity contribution in [3.8, 4) is 0 Å². The summed E-state index contributed by atoms with van der Waals surface area (Å²) in [5, 5.41) is 3.01. The van der Waals surface area contributed by atoms with Gasteiger partial charge in [0.2, 0.25) is 0 Å². The van der Waals surface area contributed by atoms with Crippen LogP contribution in [0, 0.1) is 6.92 Å². The fourth-order valence-electron chi connectivity index (χ4n) is 1.22. The van der Waals surface area contributed by atoms with Crippen LogP contribution < -0.4 is 0 Å². The van der Waals surface area contributed by atoms with E-state index in [-0.39, 0.29) is 0 Å². The Hall–Kier alpha value is -1.14. The molecule has 0 atom stereocenters. The van der Waals surface area contributed by atoms with E-state index >= 15 is 0 Å². The summed E-state index contributed by atoms with van der Waals surface area (Å²) < 4.78 is 61.6. The maximum atomic E-state index is 12.3. The van der Waals surface area contributed by atoms with E-state index in [1.807, 2.05) is 0 Å². The van der Waals surface area contributed by atoms with Crippen LogP contribution in [0.4, 0.5) is 22.0 Å². The van der Waals surface area contributed by atoms with Gasteiger partial charge < -0.3 is 0 Å². The van der Waals surface area contributed by atoms with Gasteiger partial charge in [0, 0.05) is 12.6 Å². The van der Waals surface area contributed by atoms with Crippen molar-refractivity contribution >= 4 is 0 Å². The first-order chi connectivity index (χ1) is 6.25. The maximum absolute atomic E-state index is 12.3. The second kappa shape index (κ2) is 3.21. The molecule has 0 radical (unpaired) electrons. The first kappa shape index (κ1) is 10.9. The summed E-state index contributed by atoms with van der Waals surface area (Å²) in [7, 11) is 1.06. The van der Waals surface area contributed by atoms with E-state index in [9.17, 15) is 22.0 Å². The van der Waals surface area contributed by atoms with Crippen LogP contribution in [-0.4, -0.2) is 9.78 Å². The fourth-order valence-corrected chi connectivity index (χ4v) is 1.22. The Morgan fingerprint density at radius 1 is 1.29 bits per heavy atom. The van der Waals surface area contributed by atoms with Gasteiger partial charge in [0.05, 0.1) is 0 Å². The second-order valence-electron chi connectivity index (χ2n) is 2.78. The molecule has 0 aliphatic heterocycles. The van der Waals surface area contributed by atoms with E-state index in [1.54, 1.807) is 0 Å². The number of hydrogen-bond donors (Lipinski definition) is 0. The molecule has 0 fully saturated rings. The Balaban J connectivity index is 3.31. The van der Waals surface area contributed by atoms with E-state index in [2.05, 4.69) is 5.10 Å². The Kier molecular flexibility index (Phi) is 2.51. The highest BCUT2D eigenvalue weighted by Crippen LogP contribution is 2.34. The summed E-state index contributed by atoms with van der Waals surface area (Å²) in [5.74, 6) is 0. The van der Waals surface area contributed by atoms with Crippen molar-refractivity contribution in [1.82, 2.24) is 9.78 Å². The molecule has 1 aromatic rings. The number of aryl methyl sites for hydroxylation is 1. The largest absolute Gasteiger partial charge is 0.435 e. The molecule has 0 amide bonds. The second-order valence-corrected chi connectivity index (χ2v) is 2.78. The van der Waals surface area contributed by atoms with Gasteiger partial charge in [0.1, 0.15) is 5.69 Å². The predicted octanol–water partition coefficient (Wildman–Crippen LogP) is 2.68. The lowest BCUT2D eigenvalue weighted by atomic mass is 10.2. The number of nitrogens with zero attached hydrogens (tertiary/aromatic N) is 2. The third kappa shape index (κ3) is 1.71. The average molecular weight is 214 g/mol. The number of rotatable bonds is 1. The van der Waals surface area contributed by atoms with Crippen LogP contribution in [0.2, 0.25) is 0 Å². The van der Waals surface area contributed by atoms with Crippen molar-refractivity contribution in [3.63, 3.8) is 0 Å². The highest BCUT2D eigenvalue weighted by atomic mass is 19.4. The summed E-state index contributed by atoms with van der Waals surface area (Å²) >= 11 is 0. The van der Waals surface area contributed by atoms with E-state index in [1.165, 1.54) is 0 Å². The summed E-state index contributed by atoms with van der Waals surface area (Å²) in [5.41, 5.74) is -2.47. The lowest BCUT2D eigenvalue weighted by Gasteiger charge is -2.03. The van der Waals surface area contributed by atoms with Gasteiger partial charge in [-0.2, -0.15) is 18.3 Å². The minimum absolute atomic E-state index is 0.519. The lowest BCUT2D eigenvalue weighted by Crippen LogP contribution is -2.08. The predicted molar refractivity (Wildman–Crippen MR) is 37.9 cm³/mol. The highest BCUT2D eigenvalue weighted by Gasteiger charge is 2.38. The molecule has 0 aromatic carbocycles. The SMILES string of the molecule is Cc1c(C(F)(F)F)nn(C)c1C(F)F. The molecule has 0 saturated heterocycles. The van der Waals surface area contributed by atoms with Gasteiger partial charge in [-0.25, -0.2) is 8.78 Å². The highest BCUT2D eigenvalue weighted by molar-refractivity contribution is 5.27. The summed E-state index contributed by atoms with van der Waals surface area (Å²) in [4.78, 5) is 0. The molecule has 0 spiro atoms. The Labute approximate surface area is 76.3 Å². The summed E-state index contributed by atoms with van der Waals surface area (Å²) in [6.45, 7) is 0.983. The molecule has 1 aromatic heterocycles.